The number of aromatic carboxylic acids is 1. The van der Waals surface area contributed by atoms with Gasteiger partial charge in [0.05, 0.1) is 5.97 Å². The van der Waals surface area contributed by atoms with Crippen LogP contribution in [0.25, 0.3) is 11.5 Å². The number of hydrogen-bond acceptors (Lipinski definition) is 5. The zero-order valence-corrected chi connectivity index (χ0v) is 11.0. The number of rotatable bonds is 3. The van der Waals surface area contributed by atoms with E-state index in [4.69, 9.17) is 4.42 Å². The molecule has 0 unspecified atom stereocenters. The maximum atomic E-state index is 10.9. The molecule has 2 aromatic rings. The Morgan fingerprint density at radius 1 is 1.20 bits per heavy atom. The molecule has 1 saturated carbocycles. The van der Waals surface area contributed by atoms with E-state index in [-0.39, 0.29) is 5.56 Å². The van der Waals surface area contributed by atoms with Crippen LogP contribution in [-0.2, 0) is 0 Å². The molecule has 5 heteroatoms. The summed E-state index contributed by atoms with van der Waals surface area (Å²) in [6.45, 7) is 0. The summed E-state index contributed by atoms with van der Waals surface area (Å²) < 4.78 is 5.71. The van der Waals surface area contributed by atoms with Crippen LogP contribution in [0, 0.1) is 0 Å². The molecule has 1 aromatic heterocycles. The molecular weight excluding hydrogens is 256 g/mol. The highest BCUT2D eigenvalue weighted by Crippen LogP contribution is 2.33. The van der Waals surface area contributed by atoms with Gasteiger partial charge in [0.2, 0.25) is 11.8 Å². The molecule has 0 amide bonds. The van der Waals surface area contributed by atoms with Gasteiger partial charge in [-0.1, -0.05) is 31.4 Å². The molecule has 1 heterocycles. The Morgan fingerprint density at radius 3 is 2.75 bits per heavy atom. The van der Waals surface area contributed by atoms with Crippen LogP contribution in [0.5, 0.6) is 0 Å². The molecule has 0 bridgehead atoms. The molecule has 0 saturated heterocycles. The summed E-state index contributed by atoms with van der Waals surface area (Å²) in [6, 6.07) is 6.38. The second kappa shape index (κ2) is 5.45. The van der Waals surface area contributed by atoms with E-state index in [1.807, 2.05) is 0 Å². The number of carboxylic acids is 1. The Bertz CT molecular complexity index is 615. The first kappa shape index (κ1) is 12.8. The molecule has 0 aliphatic heterocycles. The summed E-state index contributed by atoms with van der Waals surface area (Å²) in [7, 11) is 0. The number of nitrogens with zero attached hydrogens (tertiary/aromatic N) is 2. The Morgan fingerprint density at radius 2 is 2.00 bits per heavy atom. The normalized spacial score (nSPS) is 16.2. The van der Waals surface area contributed by atoms with Crippen molar-refractivity contribution < 1.29 is 14.3 Å². The lowest BCUT2D eigenvalue weighted by Gasteiger charge is -2.17. The van der Waals surface area contributed by atoms with E-state index >= 15 is 0 Å². The van der Waals surface area contributed by atoms with E-state index < -0.39 is 5.97 Å². The molecule has 20 heavy (non-hydrogen) atoms. The van der Waals surface area contributed by atoms with Crippen LogP contribution in [0.15, 0.2) is 28.7 Å². The SMILES string of the molecule is O=C([O-])c1cccc(-c2nnc(C3CCCCC3)o2)c1. The fourth-order valence-corrected chi connectivity index (χ4v) is 2.64. The monoisotopic (exact) mass is 271 g/mol. The van der Waals surface area contributed by atoms with E-state index in [9.17, 15) is 9.90 Å². The van der Waals surface area contributed by atoms with Crippen LogP contribution < -0.4 is 5.11 Å². The van der Waals surface area contributed by atoms with Crippen LogP contribution in [0.1, 0.15) is 54.3 Å². The van der Waals surface area contributed by atoms with Crippen LogP contribution >= 0.6 is 0 Å². The molecule has 0 atom stereocenters. The van der Waals surface area contributed by atoms with Gasteiger partial charge in [-0.15, -0.1) is 10.2 Å². The molecule has 0 N–H and O–H groups in total. The number of benzene rings is 1. The number of carboxylic acid groups (broad SMARTS) is 1. The van der Waals surface area contributed by atoms with Gasteiger partial charge in [-0.25, -0.2) is 0 Å². The average Bonchev–Trinajstić information content (AvgIpc) is 2.98. The maximum absolute atomic E-state index is 10.9. The van der Waals surface area contributed by atoms with Crippen LogP contribution in [0.3, 0.4) is 0 Å². The topological polar surface area (TPSA) is 79.0 Å². The largest absolute Gasteiger partial charge is 0.545 e. The zero-order valence-electron chi connectivity index (χ0n) is 11.0. The van der Waals surface area contributed by atoms with Gasteiger partial charge >= 0.3 is 0 Å². The van der Waals surface area contributed by atoms with Gasteiger partial charge in [-0.3, -0.25) is 0 Å². The van der Waals surface area contributed by atoms with Crippen molar-refractivity contribution in [1.29, 1.82) is 0 Å². The molecule has 1 aromatic carbocycles. The fourth-order valence-electron chi connectivity index (χ4n) is 2.64. The molecule has 104 valence electrons. The second-order valence-electron chi connectivity index (χ2n) is 5.15. The molecule has 5 nitrogen and oxygen atoms in total. The highest BCUT2D eigenvalue weighted by atomic mass is 16.4. The Kier molecular flexibility index (Phi) is 3.50. The molecule has 3 rings (SSSR count). The summed E-state index contributed by atoms with van der Waals surface area (Å²) in [5.41, 5.74) is 0.723. The third kappa shape index (κ3) is 2.57. The van der Waals surface area contributed by atoms with Gasteiger partial charge in [0.25, 0.3) is 0 Å². The number of aromatic nitrogens is 2. The summed E-state index contributed by atoms with van der Waals surface area (Å²) in [6.07, 6.45) is 5.83. The fraction of sp³-hybridized carbons (Fsp3) is 0.400. The maximum Gasteiger partial charge on any atom is 0.247 e. The molecule has 0 radical (unpaired) electrons. The number of hydrogen-bond donors (Lipinski definition) is 0. The van der Waals surface area contributed by atoms with Crippen LogP contribution in [0.2, 0.25) is 0 Å². The lowest BCUT2D eigenvalue weighted by atomic mass is 9.89. The molecule has 0 spiro atoms. The average molecular weight is 271 g/mol. The smallest absolute Gasteiger partial charge is 0.247 e. The first-order valence-corrected chi connectivity index (χ1v) is 6.89. The molecule has 1 aliphatic rings. The number of carbonyl (C=O) groups excluding carboxylic acids is 1. The predicted octanol–water partition coefficient (Wildman–Crippen LogP) is 2.15. The molecule has 1 fully saturated rings. The number of carbonyl (C=O) groups is 1. The van der Waals surface area contributed by atoms with Gasteiger partial charge in [-0.2, -0.15) is 0 Å². The lowest BCUT2D eigenvalue weighted by Crippen LogP contribution is -2.22. The first-order valence-electron chi connectivity index (χ1n) is 6.89. The summed E-state index contributed by atoms with van der Waals surface area (Å²) >= 11 is 0. The standard InChI is InChI=1S/C15H16N2O3/c18-15(19)12-8-4-7-11(9-12)14-17-16-13(20-14)10-5-2-1-3-6-10/h4,7-10H,1-3,5-6H2,(H,18,19)/p-1. The van der Waals surface area contributed by atoms with Crippen molar-refractivity contribution in [3.05, 3.63) is 35.7 Å². The Balaban J connectivity index is 1.85. The minimum Gasteiger partial charge on any atom is -0.545 e. The van der Waals surface area contributed by atoms with Crippen molar-refractivity contribution in [2.45, 2.75) is 38.0 Å². The van der Waals surface area contributed by atoms with E-state index in [0.717, 1.165) is 12.8 Å². The van der Waals surface area contributed by atoms with Crippen LogP contribution in [-0.4, -0.2) is 16.2 Å². The van der Waals surface area contributed by atoms with Gasteiger partial charge in [0.1, 0.15) is 0 Å². The van der Waals surface area contributed by atoms with Gasteiger partial charge in [-0.05, 0) is 30.5 Å². The summed E-state index contributed by atoms with van der Waals surface area (Å²) in [4.78, 5) is 10.9. The quantitative estimate of drug-likeness (QED) is 0.854. The molecule has 1 aliphatic carbocycles. The van der Waals surface area contributed by atoms with Crippen molar-refractivity contribution in [3.63, 3.8) is 0 Å². The third-order valence-electron chi connectivity index (χ3n) is 3.74. The third-order valence-corrected chi connectivity index (χ3v) is 3.74. The van der Waals surface area contributed by atoms with Gasteiger partial charge < -0.3 is 14.3 Å². The van der Waals surface area contributed by atoms with Gasteiger partial charge in [0, 0.05) is 11.5 Å². The van der Waals surface area contributed by atoms with E-state index in [1.165, 1.54) is 31.4 Å². The Labute approximate surface area is 116 Å². The van der Waals surface area contributed by atoms with Crippen molar-refractivity contribution in [1.82, 2.24) is 10.2 Å². The van der Waals surface area contributed by atoms with Crippen molar-refractivity contribution in [2.75, 3.05) is 0 Å². The first-order chi connectivity index (χ1) is 9.74. The van der Waals surface area contributed by atoms with Crippen LogP contribution in [0.4, 0.5) is 0 Å². The van der Waals surface area contributed by atoms with E-state index in [0.29, 0.717) is 23.3 Å². The zero-order chi connectivity index (χ0) is 13.9. The van der Waals surface area contributed by atoms with E-state index in [2.05, 4.69) is 10.2 Å². The van der Waals surface area contributed by atoms with Gasteiger partial charge in [0.15, 0.2) is 0 Å². The summed E-state index contributed by atoms with van der Waals surface area (Å²) in [5.74, 6) is 0.167. The Hall–Kier alpha value is -2.17. The van der Waals surface area contributed by atoms with E-state index in [1.54, 1.807) is 12.1 Å². The van der Waals surface area contributed by atoms with Crippen molar-refractivity contribution in [2.24, 2.45) is 0 Å². The minimum atomic E-state index is -1.21. The highest BCUT2D eigenvalue weighted by molar-refractivity contribution is 5.87. The second-order valence-corrected chi connectivity index (χ2v) is 5.15. The van der Waals surface area contributed by atoms with Crippen molar-refractivity contribution >= 4 is 5.97 Å². The lowest BCUT2D eigenvalue weighted by molar-refractivity contribution is -0.255. The minimum absolute atomic E-state index is 0.111. The molecular formula is C15H15N2O3-. The predicted molar refractivity (Wildman–Crippen MR) is 69.9 cm³/mol. The summed E-state index contributed by atoms with van der Waals surface area (Å²) in [5, 5.41) is 19.0. The van der Waals surface area contributed by atoms with Crippen molar-refractivity contribution in [3.8, 4) is 11.5 Å². The highest BCUT2D eigenvalue weighted by Gasteiger charge is 2.21.